The minimum atomic E-state index is -0.0394. The van der Waals surface area contributed by atoms with Crippen LogP contribution in [0.1, 0.15) is 110 Å². The summed E-state index contributed by atoms with van der Waals surface area (Å²) in [7, 11) is 1.78. The highest BCUT2D eigenvalue weighted by Crippen LogP contribution is 2.14. The van der Waals surface area contributed by atoms with Crippen LogP contribution in [0.2, 0.25) is 0 Å². The molecule has 22 heavy (non-hydrogen) atoms. The van der Waals surface area contributed by atoms with Gasteiger partial charge in [0, 0.05) is 13.7 Å². The third kappa shape index (κ3) is 18.0. The first kappa shape index (κ1) is 21.9. The Morgan fingerprint density at radius 2 is 1.05 bits per heavy atom. The fourth-order valence-corrected chi connectivity index (χ4v) is 2.99. The van der Waals surface area contributed by atoms with Gasteiger partial charge in [0.1, 0.15) is 0 Å². The van der Waals surface area contributed by atoms with Crippen LogP contribution in [0, 0.1) is 0 Å². The average Bonchev–Trinajstić information content (AvgIpc) is 2.52. The van der Waals surface area contributed by atoms with Crippen LogP contribution in [-0.4, -0.2) is 24.9 Å². The Kier molecular flexibility index (Phi) is 18.9. The Bertz CT molecular complexity index is 194. The first-order valence-corrected chi connectivity index (χ1v) is 9.98. The Balaban J connectivity index is 3.09. The third-order valence-electron chi connectivity index (χ3n) is 4.53. The molecule has 0 saturated heterocycles. The molecule has 0 fully saturated rings. The molecular formula is C20H42O2. The van der Waals surface area contributed by atoms with Gasteiger partial charge in [-0.25, -0.2) is 0 Å². The van der Waals surface area contributed by atoms with Gasteiger partial charge < -0.3 is 9.84 Å². The molecule has 0 aromatic rings. The Morgan fingerprint density at radius 3 is 1.50 bits per heavy atom. The molecule has 1 atom stereocenters. The van der Waals surface area contributed by atoms with Crippen LogP contribution < -0.4 is 0 Å². The summed E-state index contributed by atoms with van der Waals surface area (Å²) in [4.78, 5) is 0. The van der Waals surface area contributed by atoms with Crippen molar-refractivity contribution in [3.8, 4) is 0 Å². The molecule has 0 rings (SSSR count). The summed E-state index contributed by atoms with van der Waals surface area (Å²) in [5.41, 5.74) is 0. The molecule has 2 heteroatoms. The summed E-state index contributed by atoms with van der Waals surface area (Å²) >= 11 is 0. The zero-order valence-electron chi connectivity index (χ0n) is 15.5. The van der Waals surface area contributed by atoms with Crippen molar-refractivity contribution < 1.29 is 9.84 Å². The van der Waals surface area contributed by atoms with Crippen molar-refractivity contribution in [2.75, 3.05) is 13.7 Å². The zero-order chi connectivity index (χ0) is 16.3. The van der Waals surface area contributed by atoms with Crippen LogP contribution in [0.3, 0.4) is 0 Å². The summed E-state index contributed by atoms with van der Waals surface area (Å²) in [5.74, 6) is 0. The number of hydrogen-bond donors (Lipinski definition) is 1. The lowest BCUT2D eigenvalue weighted by Crippen LogP contribution is -2.05. The van der Waals surface area contributed by atoms with Gasteiger partial charge in [-0.2, -0.15) is 0 Å². The molecule has 0 saturated carbocycles. The quantitative estimate of drug-likeness (QED) is 0.303. The van der Waals surface area contributed by atoms with E-state index in [1.54, 1.807) is 7.11 Å². The second-order valence-corrected chi connectivity index (χ2v) is 6.82. The SMILES string of the molecule is CCCCCCCC(O)CCCCCCCCCCCOC. The van der Waals surface area contributed by atoms with E-state index in [1.165, 1.54) is 89.9 Å². The van der Waals surface area contributed by atoms with E-state index in [-0.39, 0.29) is 6.10 Å². The van der Waals surface area contributed by atoms with Gasteiger partial charge >= 0.3 is 0 Å². The van der Waals surface area contributed by atoms with E-state index in [1.807, 2.05) is 0 Å². The summed E-state index contributed by atoms with van der Waals surface area (Å²) in [5, 5.41) is 9.94. The molecule has 0 aromatic carbocycles. The number of ether oxygens (including phenoxy) is 1. The fraction of sp³-hybridized carbons (Fsp3) is 1.00. The maximum atomic E-state index is 9.94. The summed E-state index contributed by atoms with van der Waals surface area (Å²) in [6, 6.07) is 0. The highest BCUT2D eigenvalue weighted by molar-refractivity contribution is 4.57. The number of aliphatic hydroxyl groups excluding tert-OH is 1. The third-order valence-corrected chi connectivity index (χ3v) is 4.53. The maximum absolute atomic E-state index is 9.94. The summed E-state index contributed by atoms with van der Waals surface area (Å²) in [6.07, 6.45) is 20.4. The van der Waals surface area contributed by atoms with Gasteiger partial charge in [0.2, 0.25) is 0 Å². The Morgan fingerprint density at radius 1 is 0.636 bits per heavy atom. The number of aliphatic hydroxyl groups is 1. The van der Waals surface area contributed by atoms with Crippen LogP contribution >= 0.6 is 0 Å². The van der Waals surface area contributed by atoms with Crippen molar-refractivity contribution in [3.05, 3.63) is 0 Å². The van der Waals surface area contributed by atoms with E-state index in [0.717, 1.165) is 19.4 Å². The molecule has 0 aromatic heterocycles. The largest absolute Gasteiger partial charge is 0.393 e. The molecule has 0 aliphatic rings. The van der Waals surface area contributed by atoms with E-state index < -0.39 is 0 Å². The monoisotopic (exact) mass is 314 g/mol. The van der Waals surface area contributed by atoms with Gasteiger partial charge in [-0.05, 0) is 19.3 Å². The minimum Gasteiger partial charge on any atom is -0.393 e. The van der Waals surface area contributed by atoms with Crippen molar-refractivity contribution >= 4 is 0 Å². The number of unbranched alkanes of at least 4 members (excludes halogenated alkanes) is 12. The predicted octanol–water partition coefficient (Wildman–Crippen LogP) is 6.26. The second kappa shape index (κ2) is 19.0. The molecule has 1 unspecified atom stereocenters. The van der Waals surface area contributed by atoms with Crippen LogP contribution in [-0.2, 0) is 4.74 Å². The molecule has 0 spiro atoms. The van der Waals surface area contributed by atoms with E-state index in [0.29, 0.717) is 0 Å². The molecule has 0 aliphatic carbocycles. The molecule has 1 N–H and O–H groups in total. The van der Waals surface area contributed by atoms with Crippen LogP contribution in [0.15, 0.2) is 0 Å². The predicted molar refractivity (Wildman–Crippen MR) is 97.4 cm³/mol. The summed E-state index contributed by atoms with van der Waals surface area (Å²) in [6.45, 7) is 3.16. The van der Waals surface area contributed by atoms with Gasteiger partial charge in [-0.3, -0.25) is 0 Å². The smallest absolute Gasteiger partial charge is 0.0540 e. The number of rotatable bonds is 18. The minimum absolute atomic E-state index is 0.0394. The lowest BCUT2D eigenvalue weighted by molar-refractivity contribution is 0.147. The number of hydrogen-bond acceptors (Lipinski definition) is 2. The lowest BCUT2D eigenvalue weighted by atomic mass is 10.0. The van der Waals surface area contributed by atoms with Crippen LogP contribution in [0.25, 0.3) is 0 Å². The summed E-state index contributed by atoms with van der Waals surface area (Å²) < 4.78 is 5.05. The molecular weight excluding hydrogens is 272 g/mol. The van der Waals surface area contributed by atoms with Crippen molar-refractivity contribution in [2.24, 2.45) is 0 Å². The van der Waals surface area contributed by atoms with E-state index in [2.05, 4.69) is 6.92 Å². The van der Waals surface area contributed by atoms with Crippen LogP contribution in [0.4, 0.5) is 0 Å². The highest BCUT2D eigenvalue weighted by atomic mass is 16.5. The molecule has 2 nitrogen and oxygen atoms in total. The number of methoxy groups -OCH3 is 1. The van der Waals surface area contributed by atoms with E-state index in [9.17, 15) is 5.11 Å². The molecule has 0 amide bonds. The Labute approximate surface area is 140 Å². The first-order chi connectivity index (χ1) is 10.8. The molecule has 134 valence electrons. The van der Waals surface area contributed by atoms with Gasteiger partial charge in [0.25, 0.3) is 0 Å². The van der Waals surface area contributed by atoms with Crippen molar-refractivity contribution in [3.63, 3.8) is 0 Å². The van der Waals surface area contributed by atoms with E-state index in [4.69, 9.17) is 4.74 Å². The van der Waals surface area contributed by atoms with Crippen molar-refractivity contribution in [1.29, 1.82) is 0 Å². The van der Waals surface area contributed by atoms with E-state index >= 15 is 0 Å². The highest BCUT2D eigenvalue weighted by Gasteiger charge is 2.03. The van der Waals surface area contributed by atoms with Gasteiger partial charge in [-0.1, -0.05) is 90.4 Å². The molecule has 0 aliphatic heterocycles. The van der Waals surface area contributed by atoms with Gasteiger partial charge in [-0.15, -0.1) is 0 Å². The molecule has 0 bridgehead atoms. The average molecular weight is 315 g/mol. The molecule has 0 heterocycles. The van der Waals surface area contributed by atoms with Crippen molar-refractivity contribution in [1.82, 2.24) is 0 Å². The second-order valence-electron chi connectivity index (χ2n) is 6.82. The van der Waals surface area contributed by atoms with Crippen molar-refractivity contribution in [2.45, 2.75) is 116 Å². The maximum Gasteiger partial charge on any atom is 0.0540 e. The molecule has 0 radical (unpaired) electrons. The Hall–Kier alpha value is -0.0800. The standard InChI is InChI=1S/C20H42O2/c1-3-4-5-11-14-17-20(21)18-15-12-9-7-6-8-10-13-16-19-22-2/h20-21H,3-19H2,1-2H3. The lowest BCUT2D eigenvalue weighted by Gasteiger charge is -2.10. The van der Waals surface area contributed by atoms with Crippen LogP contribution in [0.5, 0.6) is 0 Å². The zero-order valence-corrected chi connectivity index (χ0v) is 15.5. The fourth-order valence-electron chi connectivity index (χ4n) is 2.99. The normalized spacial score (nSPS) is 12.7. The topological polar surface area (TPSA) is 29.5 Å². The van der Waals surface area contributed by atoms with Gasteiger partial charge in [0.05, 0.1) is 6.10 Å². The van der Waals surface area contributed by atoms with Gasteiger partial charge in [0.15, 0.2) is 0 Å². The first-order valence-electron chi connectivity index (χ1n) is 9.98.